The van der Waals surface area contributed by atoms with Gasteiger partial charge in [-0.05, 0) is 42.5 Å². The topological polar surface area (TPSA) is 59.6 Å². The van der Waals surface area contributed by atoms with Crippen LogP contribution in [0.4, 0.5) is 4.39 Å². The first-order valence-electron chi connectivity index (χ1n) is 6.54. The molecule has 22 heavy (non-hydrogen) atoms. The molecule has 0 aliphatic carbocycles. The van der Waals surface area contributed by atoms with Crippen LogP contribution < -0.4 is 20.3 Å². The monoisotopic (exact) mass is 300 g/mol. The molecule has 112 valence electrons. The second kappa shape index (κ2) is 5.77. The molecule has 2 N–H and O–H groups in total. The summed E-state index contributed by atoms with van der Waals surface area (Å²) in [7, 11) is 0. The largest absolute Gasteiger partial charge is 0.454 e. The number of carbonyl (C=O) groups is 1. The van der Waals surface area contributed by atoms with Gasteiger partial charge in [0, 0.05) is 11.1 Å². The second-order valence-corrected chi connectivity index (χ2v) is 4.63. The van der Waals surface area contributed by atoms with Gasteiger partial charge in [0.2, 0.25) is 6.79 Å². The lowest BCUT2D eigenvalue weighted by Gasteiger charge is -2.11. The molecule has 0 spiro atoms. The van der Waals surface area contributed by atoms with Crippen LogP contribution in [0.5, 0.6) is 11.5 Å². The predicted octanol–water partition coefficient (Wildman–Crippen LogP) is 2.46. The molecule has 0 unspecified atom stereocenters. The lowest BCUT2D eigenvalue weighted by Crippen LogP contribution is -2.35. The summed E-state index contributed by atoms with van der Waals surface area (Å²) in [6.07, 6.45) is 0. The molecular weight excluding hydrogens is 287 g/mol. The van der Waals surface area contributed by atoms with Crippen LogP contribution in [0.25, 0.3) is 5.70 Å². The number of amides is 1. The van der Waals surface area contributed by atoms with Gasteiger partial charge < -0.3 is 9.47 Å². The first kappa shape index (κ1) is 13.9. The van der Waals surface area contributed by atoms with Gasteiger partial charge in [-0.15, -0.1) is 0 Å². The van der Waals surface area contributed by atoms with Gasteiger partial charge in [0.05, 0.1) is 5.70 Å². The molecule has 0 radical (unpaired) electrons. The summed E-state index contributed by atoms with van der Waals surface area (Å²) in [5, 5.41) is 0. The van der Waals surface area contributed by atoms with Crippen LogP contribution in [0.15, 0.2) is 49.0 Å². The molecule has 0 saturated carbocycles. The van der Waals surface area contributed by atoms with Crippen LogP contribution in [0, 0.1) is 5.82 Å². The third-order valence-electron chi connectivity index (χ3n) is 3.15. The van der Waals surface area contributed by atoms with Gasteiger partial charge >= 0.3 is 0 Å². The molecule has 1 aliphatic rings. The van der Waals surface area contributed by atoms with Crippen molar-refractivity contribution in [1.82, 2.24) is 10.9 Å². The smallest absolute Gasteiger partial charge is 0.269 e. The van der Waals surface area contributed by atoms with Crippen molar-refractivity contribution in [3.63, 3.8) is 0 Å². The molecule has 2 aromatic carbocycles. The number of nitrogens with one attached hydrogen (secondary N) is 2. The van der Waals surface area contributed by atoms with Crippen molar-refractivity contribution in [2.75, 3.05) is 6.79 Å². The molecule has 0 aromatic heterocycles. The van der Waals surface area contributed by atoms with E-state index in [0.29, 0.717) is 22.8 Å². The van der Waals surface area contributed by atoms with Gasteiger partial charge in [-0.2, -0.15) is 0 Å². The van der Waals surface area contributed by atoms with Crippen molar-refractivity contribution in [3.8, 4) is 11.5 Å². The Morgan fingerprint density at radius 1 is 1.00 bits per heavy atom. The quantitative estimate of drug-likeness (QED) is 0.852. The summed E-state index contributed by atoms with van der Waals surface area (Å²) >= 11 is 0. The van der Waals surface area contributed by atoms with Crippen molar-refractivity contribution in [2.24, 2.45) is 0 Å². The molecular formula is C16H13FN2O3. The summed E-state index contributed by atoms with van der Waals surface area (Å²) in [5.41, 5.74) is 6.81. The van der Waals surface area contributed by atoms with Crippen molar-refractivity contribution in [2.45, 2.75) is 0 Å². The van der Waals surface area contributed by atoms with E-state index in [0.717, 1.165) is 5.56 Å². The molecule has 0 saturated heterocycles. The van der Waals surface area contributed by atoms with E-state index in [9.17, 15) is 9.18 Å². The summed E-state index contributed by atoms with van der Waals surface area (Å²) in [6, 6.07) is 10.6. The van der Waals surface area contributed by atoms with Gasteiger partial charge in [-0.25, -0.2) is 4.39 Å². The van der Waals surface area contributed by atoms with E-state index in [1.54, 1.807) is 18.2 Å². The van der Waals surface area contributed by atoms with Crippen LogP contribution in [-0.2, 0) is 0 Å². The SMILES string of the molecule is C=C(NNC(=O)c1ccc(F)cc1)c1ccc2c(c1)OCO2. The van der Waals surface area contributed by atoms with Crippen LogP contribution in [0.1, 0.15) is 15.9 Å². The molecule has 6 heteroatoms. The van der Waals surface area contributed by atoms with E-state index < -0.39 is 5.82 Å². The normalized spacial score (nSPS) is 11.9. The summed E-state index contributed by atoms with van der Waals surface area (Å²) < 4.78 is 23.3. The molecule has 2 aromatic rings. The maximum absolute atomic E-state index is 12.8. The van der Waals surface area contributed by atoms with E-state index in [4.69, 9.17) is 9.47 Å². The maximum Gasteiger partial charge on any atom is 0.269 e. The number of halogens is 1. The number of rotatable bonds is 4. The van der Waals surface area contributed by atoms with Gasteiger partial charge in [-0.3, -0.25) is 15.6 Å². The molecule has 1 aliphatic heterocycles. The second-order valence-electron chi connectivity index (χ2n) is 4.63. The van der Waals surface area contributed by atoms with E-state index in [-0.39, 0.29) is 12.7 Å². The van der Waals surface area contributed by atoms with Gasteiger partial charge in [0.15, 0.2) is 11.5 Å². The van der Waals surface area contributed by atoms with Crippen LogP contribution in [0.2, 0.25) is 0 Å². The average molecular weight is 300 g/mol. The third kappa shape index (κ3) is 2.85. The number of carbonyl (C=O) groups excluding carboxylic acids is 1. The first-order chi connectivity index (χ1) is 10.6. The Labute approximate surface area is 126 Å². The molecule has 3 rings (SSSR count). The summed E-state index contributed by atoms with van der Waals surface area (Å²) in [4.78, 5) is 11.9. The van der Waals surface area contributed by atoms with Crippen molar-refractivity contribution < 1.29 is 18.7 Å². The van der Waals surface area contributed by atoms with Gasteiger partial charge in [-0.1, -0.05) is 6.58 Å². The molecule has 0 atom stereocenters. The predicted molar refractivity (Wildman–Crippen MR) is 78.6 cm³/mol. The fourth-order valence-electron chi connectivity index (χ4n) is 1.96. The highest BCUT2D eigenvalue weighted by Gasteiger charge is 2.14. The Morgan fingerprint density at radius 2 is 1.68 bits per heavy atom. The number of benzene rings is 2. The fraction of sp³-hybridized carbons (Fsp3) is 0.0625. The lowest BCUT2D eigenvalue weighted by molar-refractivity contribution is 0.0942. The van der Waals surface area contributed by atoms with Gasteiger partial charge in [0.1, 0.15) is 5.82 Å². The zero-order valence-electron chi connectivity index (χ0n) is 11.6. The number of hydrogen-bond acceptors (Lipinski definition) is 4. The highest BCUT2D eigenvalue weighted by Crippen LogP contribution is 2.33. The van der Waals surface area contributed by atoms with E-state index >= 15 is 0 Å². The van der Waals surface area contributed by atoms with Crippen molar-refractivity contribution in [3.05, 3.63) is 66.0 Å². The van der Waals surface area contributed by atoms with Crippen molar-refractivity contribution >= 4 is 11.6 Å². The van der Waals surface area contributed by atoms with E-state index in [1.165, 1.54) is 24.3 Å². The minimum absolute atomic E-state index is 0.194. The van der Waals surface area contributed by atoms with Crippen molar-refractivity contribution in [1.29, 1.82) is 0 Å². The first-order valence-corrected chi connectivity index (χ1v) is 6.54. The minimum atomic E-state index is -0.394. The molecule has 0 bridgehead atoms. The average Bonchev–Trinajstić information content (AvgIpc) is 3.00. The highest BCUT2D eigenvalue weighted by atomic mass is 19.1. The van der Waals surface area contributed by atoms with Crippen LogP contribution in [-0.4, -0.2) is 12.7 Å². The van der Waals surface area contributed by atoms with Gasteiger partial charge in [0.25, 0.3) is 5.91 Å². The Morgan fingerprint density at radius 3 is 2.45 bits per heavy atom. The standard InChI is InChI=1S/C16H13FN2O3/c1-10(12-4-7-14-15(8-12)22-9-21-14)18-19-16(20)11-2-5-13(17)6-3-11/h2-8,18H,1,9H2,(H,19,20). The zero-order valence-corrected chi connectivity index (χ0v) is 11.6. The Balaban J connectivity index is 1.62. The van der Waals surface area contributed by atoms with Crippen LogP contribution in [0.3, 0.4) is 0 Å². The van der Waals surface area contributed by atoms with Crippen LogP contribution >= 0.6 is 0 Å². The number of hydrazine groups is 1. The lowest BCUT2D eigenvalue weighted by atomic mass is 10.1. The number of hydrogen-bond donors (Lipinski definition) is 2. The Hall–Kier alpha value is -3.02. The third-order valence-corrected chi connectivity index (χ3v) is 3.15. The highest BCUT2D eigenvalue weighted by molar-refractivity contribution is 5.94. The minimum Gasteiger partial charge on any atom is -0.454 e. The fourth-order valence-corrected chi connectivity index (χ4v) is 1.96. The molecule has 1 amide bonds. The summed E-state index contributed by atoms with van der Waals surface area (Å²) in [5.74, 6) is 0.522. The Kier molecular flexibility index (Phi) is 3.65. The van der Waals surface area contributed by atoms with E-state index in [1.807, 2.05) is 0 Å². The molecule has 1 heterocycles. The maximum atomic E-state index is 12.8. The molecule has 0 fully saturated rings. The Bertz CT molecular complexity index is 729. The molecule has 5 nitrogen and oxygen atoms in total. The number of ether oxygens (including phenoxy) is 2. The summed E-state index contributed by atoms with van der Waals surface area (Å²) in [6.45, 7) is 4.04. The van der Waals surface area contributed by atoms with E-state index in [2.05, 4.69) is 17.4 Å². The number of fused-ring (bicyclic) bond motifs is 1. The zero-order chi connectivity index (χ0) is 15.5.